The molecule has 0 rings (SSSR count). The minimum absolute atomic E-state index is 0.211. The van der Waals surface area contributed by atoms with Crippen molar-refractivity contribution in [3.63, 3.8) is 0 Å². The van der Waals surface area contributed by atoms with Gasteiger partial charge in [-0.3, -0.25) is 4.79 Å². The second-order valence-electron chi connectivity index (χ2n) is 3.20. The maximum absolute atomic E-state index is 9.82. The van der Waals surface area contributed by atoms with Gasteiger partial charge in [0, 0.05) is 13.5 Å². The fraction of sp³-hybridized carbons (Fsp3) is 0.909. The second kappa shape index (κ2) is 12.4. The summed E-state index contributed by atoms with van der Waals surface area (Å²) in [6, 6.07) is 0. The predicted molar refractivity (Wildman–Crippen MR) is 58.3 cm³/mol. The fourth-order valence-corrected chi connectivity index (χ4v) is 0.667. The molecule has 3 heteroatoms. The van der Waals surface area contributed by atoms with Crippen molar-refractivity contribution in [2.45, 2.75) is 53.6 Å². The van der Waals surface area contributed by atoms with E-state index in [9.17, 15) is 4.79 Å². The van der Waals surface area contributed by atoms with E-state index in [-0.39, 0.29) is 5.97 Å². The van der Waals surface area contributed by atoms with Gasteiger partial charge in [-0.15, -0.1) is 0 Å². The van der Waals surface area contributed by atoms with Gasteiger partial charge < -0.3 is 9.47 Å². The molecule has 0 saturated heterocycles. The molecule has 0 atom stereocenters. The Labute approximate surface area is 87.8 Å². The third kappa shape index (κ3) is 22.5. The molecule has 0 aromatic heterocycles. The van der Waals surface area contributed by atoms with Crippen LogP contribution in [0.1, 0.15) is 47.5 Å². The molecule has 0 spiro atoms. The van der Waals surface area contributed by atoms with E-state index in [1.54, 1.807) is 6.92 Å². The van der Waals surface area contributed by atoms with Crippen molar-refractivity contribution in [2.24, 2.45) is 0 Å². The van der Waals surface area contributed by atoms with E-state index in [0.717, 1.165) is 6.61 Å². The van der Waals surface area contributed by atoms with Crippen LogP contribution in [-0.4, -0.2) is 25.3 Å². The maximum Gasteiger partial charge on any atom is 0.302 e. The Balaban J connectivity index is 0. The van der Waals surface area contributed by atoms with Crippen molar-refractivity contribution in [2.75, 3.05) is 13.2 Å². The lowest BCUT2D eigenvalue weighted by Crippen LogP contribution is -2.02. The van der Waals surface area contributed by atoms with Gasteiger partial charge >= 0.3 is 5.97 Å². The predicted octanol–water partition coefficient (Wildman–Crippen LogP) is 2.78. The zero-order valence-corrected chi connectivity index (χ0v) is 10.1. The lowest BCUT2D eigenvalue weighted by atomic mass is 10.3. The molecule has 0 fully saturated rings. The van der Waals surface area contributed by atoms with Crippen LogP contribution in [-0.2, 0) is 14.3 Å². The Morgan fingerprint density at radius 1 is 1.29 bits per heavy atom. The molecule has 0 unspecified atom stereocenters. The summed E-state index contributed by atoms with van der Waals surface area (Å²) in [7, 11) is 0. The van der Waals surface area contributed by atoms with Gasteiger partial charge in [-0.1, -0.05) is 13.3 Å². The molecule has 0 aromatic carbocycles. The van der Waals surface area contributed by atoms with Crippen LogP contribution < -0.4 is 0 Å². The average Bonchev–Trinajstić information content (AvgIpc) is 2.05. The largest absolute Gasteiger partial charge is 0.466 e. The normalized spacial score (nSPS) is 9.29. The molecular formula is C11H24O3. The summed E-state index contributed by atoms with van der Waals surface area (Å²) >= 11 is 0. The number of hydrogen-bond donors (Lipinski definition) is 0. The van der Waals surface area contributed by atoms with Gasteiger partial charge in [-0.25, -0.2) is 0 Å². The molecule has 0 saturated carbocycles. The van der Waals surface area contributed by atoms with E-state index >= 15 is 0 Å². The third-order valence-corrected chi connectivity index (χ3v) is 1.30. The summed E-state index contributed by atoms with van der Waals surface area (Å²) in [5.74, 6) is -0.211. The summed E-state index contributed by atoms with van der Waals surface area (Å²) in [5.41, 5.74) is 0. The van der Waals surface area contributed by atoms with Gasteiger partial charge in [0.1, 0.15) is 0 Å². The molecule has 3 nitrogen and oxygen atoms in total. The van der Waals surface area contributed by atoms with Gasteiger partial charge in [0.2, 0.25) is 0 Å². The third-order valence-electron chi connectivity index (χ3n) is 1.30. The Morgan fingerprint density at radius 2 is 1.86 bits per heavy atom. The van der Waals surface area contributed by atoms with E-state index in [2.05, 4.69) is 25.5 Å². The van der Waals surface area contributed by atoms with Crippen LogP contribution in [0.15, 0.2) is 0 Å². The van der Waals surface area contributed by atoms with E-state index in [4.69, 9.17) is 4.74 Å². The van der Waals surface area contributed by atoms with Crippen LogP contribution in [0.2, 0.25) is 0 Å². The zero-order chi connectivity index (χ0) is 11.4. The molecule has 0 heterocycles. The Bertz CT molecular complexity index is 122. The average molecular weight is 204 g/mol. The summed E-state index contributed by atoms with van der Waals surface area (Å²) in [4.78, 5) is 9.82. The summed E-state index contributed by atoms with van der Waals surface area (Å²) in [5, 5.41) is 0. The summed E-state index contributed by atoms with van der Waals surface area (Å²) in [6.07, 6.45) is 2.83. The zero-order valence-electron chi connectivity index (χ0n) is 10.1. The van der Waals surface area contributed by atoms with Crippen LogP contribution >= 0.6 is 0 Å². The number of esters is 1. The lowest BCUT2D eigenvalue weighted by molar-refractivity contribution is -0.140. The van der Waals surface area contributed by atoms with Crippen molar-refractivity contribution in [1.29, 1.82) is 0 Å². The quantitative estimate of drug-likeness (QED) is 0.510. The lowest BCUT2D eigenvalue weighted by Gasteiger charge is -2.04. The van der Waals surface area contributed by atoms with Gasteiger partial charge in [-0.05, 0) is 27.2 Å². The highest BCUT2D eigenvalue weighted by atomic mass is 16.5. The Morgan fingerprint density at radius 3 is 2.07 bits per heavy atom. The number of carbonyl (C=O) groups excluding carboxylic acids is 1. The van der Waals surface area contributed by atoms with Crippen LogP contribution in [0, 0.1) is 0 Å². The molecular weight excluding hydrogens is 180 g/mol. The summed E-state index contributed by atoms with van der Waals surface area (Å²) < 4.78 is 9.68. The molecule has 0 amide bonds. The topological polar surface area (TPSA) is 35.5 Å². The molecule has 0 bridgehead atoms. The highest BCUT2D eigenvalue weighted by molar-refractivity contribution is 5.65. The first-order valence-corrected chi connectivity index (χ1v) is 5.29. The number of ether oxygens (including phenoxy) is 2. The van der Waals surface area contributed by atoms with Crippen molar-refractivity contribution in [1.82, 2.24) is 0 Å². The smallest absolute Gasteiger partial charge is 0.302 e. The Kier molecular flexibility index (Phi) is 14.1. The van der Waals surface area contributed by atoms with Crippen LogP contribution in [0.3, 0.4) is 0 Å². The van der Waals surface area contributed by atoms with Crippen molar-refractivity contribution < 1.29 is 14.3 Å². The molecule has 14 heavy (non-hydrogen) atoms. The van der Waals surface area contributed by atoms with Gasteiger partial charge in [0.05, 0.1) is 12.7 Å². The van der Waals surface area contributed by atoms with Crippen LogP contribution in [0.4, 0.5) is 0 Å². The van der Waals surface area contributed by atoms with Crippen molar-refractivity contribution >= 4 is 5.97 Å². The first-order valence-electron chi connectivity index (χ1n) is 5.29. The number of unbranched alkanes of at least 4 members (excludes halogenated alkanes) is 1. The highest BCUT2D eigenvalue weighted by Crippen LogP contribution is 1.91. The minimum atomic E-state index is -0.211. The molecule has 0 radical (unpaired) electrons. The minimum Gasteiger partial charge on any atom is -0.466 e. The standard InChI is InChI=1S/C7H16O.C4H8O2/c1-4-5-6-8-7(2)3;1-3-6-4(2)5/h7H,4-6H2,1-3H3;3H2,1-2H3. The van der Waals surface area contributed by atoms with Crippen LogP contribution in [0.5, 0.6) is 0 Å². The summed E-state index contributed by atoms with van der Waals surface area (Å²) in [6.45, 7) is 10.9. The van der Waals surface area contributed by atoms with Crippen molar-refractivity contribution in [3.8, 4) is 0 Å². The number of carbonyl (C=O) groups is 1. The first-order chi connectivity index (χ1) is 6.54. The van der Waals surface area contributed by atoms with E-state index < -0.39 is 0 Å². The molecule has 0 N–H and O–H groups in total. The van der Waals surface area contributed by atoms with Gasteiger partial charge in [0.25, 0.3) is 0 Å². The molecule has 86 valence electrons. The maximum atomic E-state index is 9.82. The van der Waals surface area contributed by atoms with Gasteiger partial charge in [-0.2, -0.15) is 0 Å². The highest BCUT2D eigenvalue weighted by Gasteiger charge is 1.89. The van der Waals surface area contributed by atoms with E-state index in [0.29, 0.717) is 12.7 Å². The molecule has 0 aliphatic rings. The van der Waals surface area contributed by atoms with E-state index in [1.807, 2.05) is 0 Å². The van der Waals surface area contributed by atoms with Crippen molar-refractivity contribution in [3.05, 3.63) is 0 Å². The number of hydrogen-bond acceptors (Lipinski definition) is 3. The second-order valence-corrected chi connectivity index (χ2v) is 3.20. The van der Waals surface area contributed by atoms with Gasteiger partial charge in [0.15, 0.2) is 0 Å². The molecule has 0 aliphatic heterocycles. The monoisotopic (exact) mass is 204 g/mol. The SMILES string of the molecule is CCCCOC(C)C.CCOC(C)=O. The molecule has 0 aliphatic carbocycles. The van der Waals surface area contributed by atoms with Crippen LogP contribution in [0.25, 0.3) is 0 Å². The first kappa shape index (κ1) is 15.9. The van der Waals surface area contributed by atoms with E-state index in [1.165, 1.54) is 19.8 Å². The fourth-order valence-electron chi connectivity index (χ4n) is 0.667. The Hall–Kier alpha value is -0.570. The molecule has 0 aromatic rings. The number of rotatable bonds is 5.